The molecule has 1 aromatic heterocycles. The third-order valence-electron chi connectivity index (χ3n) is 7.98. The summed E-state index contributed by atoms with van der Waals surface area (Å²) in [5.41, 5.74) is 6.42. The molecule has 5 aromatic rings. The fourth-order valence-corrected chi connectivity index (χ4v) is 7.64. The average Bonchev–Trinajstić information content (AvgIpc) is 3.59. The van der Waals surface area contributed by atoms with Gasteiger partial charge in [0.2, 0.25) is 0 Å². The van der Waals surface area contributed by atoms with Gasteiger partial charge in [0, 0.05) is 42.7 Å². The summed E-state index contributed by atoms with van der Waals surface area (Å²) < 4.78 is 2.71. The molecule has 162 valence electrons. The first-order chi connectivity index (χ1) is 16.3. The monoisotopic (exact) mass is 445 g/mol. The molecule has 3 atom stereocenters. The maximum Gasteiger partial charge on any atom is 0.0464 e. The van der Waals surface area contributed by atoms with Crippen molar-refractivity contribution >= 4 is 42.9 Å². The van der Waals surface area contributed by atoms with E-state index in [-0.39, 0.29) is 0 Å². The van der Waals surface area contributed by atoms with Crippen LogP contribution in [-0.4, -0.2) is 0 Å². The maximum atomic E-state index is 3.73. The number of nitrogens with one attached hydrogen (secondary N) is 1. The van der Waals surface area contributed by atoms with Gasteiger partial charge in [-0.2, -0.15) is 0 Å². The third-order valence-corrected chi connectivity index (χ3v) is 9.20. The van der Waals surface area contributed by atoms with Crippen LogP contribution in [0.1, 0.15) is 37.2 Å². The van der Waals surface area contributed by atoms with Crippen LogP contribution in [0.25, 0.3) is 31.3 Å². The van der Waals surface area contributed by atoms with Crippen molar-refractivity contribution < 1.29 is 0 Å². The predicted octanol–water partition coefficient (Wildman–Crippen LogP) is 9.37. The number of anilines is 2. The van der Waals surface area contributed by atoms with E-state index in [2.05, 4.69) is 96.3 Å². The highest BCUT2D eigenvalue weighted by atomic mass is 32.1. The molecule has 4 aromatic carbocycles. The zero-order valence-electron chi connectivity index (χ0n) is 18.6. The fraction of sp³-hybridized carbons (Fsp3) is 0.226. The van der Waals surface area contributed by atoms with E-state index in [4.69, 9.17) is 0 Å². The summed E-state index contributed by atoms with van der Waals surface area (Å²) in [4.78, 5) is 0. The summed E-state index contributed by atoms with van der Waals surface area (Å²) in [7, 11) is 0. The van der Waals surface area contributed by atoms with E-state index in [1.165, 1.54) is 62.5 Å². The molecule has 0 amide bonds. The Hall–Kier alpha value is -3.10. The van der Waals surface area contributed by atoms with Gasteiger partial charge in [0.25, 0.3) is 0 Å². The van der Waals surface area contributed by atoms with Crippen molar-refractivity contribution in [1.82, 2.24) is 0 Å². The van der Waals surface area contributed by atoms with E-state index in [0.29, 0.717) is 0 Å². The van der Waals surface area contributed by atoms with E-state index in [9.17, 15) is 0 Å². The molecule has 1 N–H and O–H groups in total. The number of fused-ring (bicyclic) bond motifs is 5. The van der Waals surface area contributed by atoms with Gasteiger partial charge in [-0.05, 0) is 66.8 Å². The van der Waals surface area contributed by atoms with E-state index in [1.54, 1.807) is 0 Å². The van der Waals surface area contributed by atoms with Crippen LogP contribution in [0.4, 0.5) is 11.4 Å². The van der Waals surface area contributed by atoms with E-state index >= 15 is 0 Å². The third kappa shape index (κ3) is 3.28. The molecule has 1 nitrogen and oxygen atoms in total. The minimum atomic E-state index is 0.788. The molecule has 0 spiro atoms. The Morgan fingerprint density at radius 1 is 0.667 bits per heavy atom. The standard InChI is InChI=1S/C31H27NS/c1-3-10-29(32-23-16-14-21(15-17-23)28-19-20-12-13-22(28)18-20)24(6-1)26-8-5-9-27-25-7-2-4-11-30(25)33-31(26)27/h1-11,14-17,20,22,28,32H,12-13,18-19H2. The van der Waals surface area contributed by atoms with E-state index in [0.717, 1.165) is 29.1 Å². The van der Waals surface area contributed by atoms with Crippen molar-refractivity contribution in [3.63, 3.8) is 0 Å². The molecule has 33 heavy (non-hydrogen) atoms. The van der Waals surface area contributed by atoms with Crippen LogP contribution in [0.2, 0.25) is 0 Å². The summed E-state index contributed by atoms with van der Waals surface area (Å²) in [6.07, 6.45) is 5.76. The van der Waals surface area contributed by atoms with Crippen LogP contribution in [0, 0.1) is 11.8 Å². The van der Waals surface area contributed by atoms with Gasteiger partial charge < -0.3 is 5.32 Å². The Bertz CT molecular complexity index is 1460. The highest BCUT2D eigenvalue weighted by molar-refractivity contribution is 7.26. The Balaban J connectivity index is 1.24. The molecule has 2 heteroatoms. The van der Waals surface area contributed by atoms with Gasteiger partial charge >= 0.3 is 0 Å². The minimum absolute atomic E-state index is 0.788. The summed E-state index contributed by atoms with van der Waals surface area (Å²) in [6, 6.07) is 33.4. The summed E-state index contributed by atoms with van der Waals surface area (Å²) in [6.45, 7) is 0. The van der Waals surface area contributed by atoms with Gasteiger partial charge in [0.1, 0.15) is 0 Å². The zero-order valence-corrected chi connectivity index (χ0v) is 19.4. The number of para-hydroxylation sites is 1. The molecular formula is C31H27NS. The molecule has 0 radical (unpaired) electrons. The Kier molecular flexibility index (Phi) is 4.55. The largest absolute Gasteiger partial charge is 0.355 e. The molecule has 2 fully saturated rings. The van der Waals surface area contributed by atoms with Crippen molar-refractivity contribution in [3.8, 4) is 11.1 Å². The maximum absolute atomic E-state index is 3.73. The second kappa shape index (κ2) is 7.74. The van der Waals surface area contributed by atoms with Crippen molar-refractivity contribution in [3.05, 3.63) is 96.6 Å². The number of rotatable bonds is 4. The Morgan fingerprint density at radius 2 is 1.45 bits per heavy atom. The predicted molar refractivity (Wildman–Crippen MR) is 143 cm³/mol. The average molecular weight is 446 g/mol. The number of hydrogen-bond acceptors (Lipinski definition) is 2. The van der Waals surface area contributed by atoms with E-state index in [1.807, 2.05) is 11.3 Å². The smallest absolute Gasteiger partial charge is 0.0464 e. The van der Waals surface area contributed by atoms with Gasteiger partial charge in [-0.3, -0.25) is 0 Å². The van der Waals surface area contributed by atoms with Crippen molar-refractivity contribution in [2.45, 2.75) is 31.6 Å². The lowest BCUT2D eigenvalue weighted by atomic mass is 9.83. The summed E-state index contributed by atoms with van der Waals surface area (Å²) in [5, 5.41) is 6.42. The van der Waals surface area contributed by atoms with Crippen LogP contribution < -0.4 is 5.32 Å². The van der Waals surface area contributed by atoms with Crippen molar-refractivity contribution in [2.24, 2.45) is 11.8 Å². The topological polar surface area (TPSA) is 12.0 Å². The first kappa shape index (κ1) is 19.4. The Morgan fingerprint density at radius 3 is 2.30 bits per heavy atom. The van der Waals surface area contributed by atoms with Crippen LogP contribution in [0.5, 0.6) is 0 Å². The summed E-state index contributed by atoms with van der Waals surface area (Å²) in [5.74, 6) is 2.70. The fourth-order valence-electron chi connectivity index (χ4n) is 6.41. The molecule has 2 aliphatic carbocycles. The first-order valence-electron chi connectivity index (χ1n) is 12.2. The van der Waals surface area contributed by atoms with Gasteiger partial charge in [0.05, 0.1) is 0 Å². The highest BCUT2D eigenvalue weighted by Crippen LogP contribution is 2.53. The molecule has 2 saturated carbocycles. The van der Waals surface area contributed by atoms with Crippen LogP contribution in [0.3, 0.4) is 0 Å². The van der Waals surface area contributed by atoms with Crippen molar-refractivity contribution in [2.75, 3.05) is 5.32 Å². The van der Waals surface area contributed by atoms with Crippen LogP contribution >= 0.6 is 11.3 Å². The van der Waals surface area contributed by atoms with Gasteiger partial charge in [-0.25, -0.2) is 0 Å². The summed E-state index contributed by atoms with van der Waals surface area (Å²) >= 11 is 1.89. The number of benzene rings is 4. The lowest BCUT2D eigenvalue weighted by molar-refractivity contribution is 0.420. The normalized spacial score (nSPS) is 21.8. The van der Waals surface area contributed by atoms with Crippen LogP contribution in [0.15, 0.2) is 91.0 Å². The van der Waals surface area contributed by atoms with E-state index < -0.39 is 0 Å². The second-order valence-corrected chi connectivity index (χ2v) is 10.9. The lowest BCUT2D eigenvalue weighted by Crippen LogP contribution is -2.08. The SMILES string of the molecule is c1ccc(-c2cccc3c2sc2ccccc23)c(Nc2ccc(C3CC4CCC3C4)cc2)c1. The second-order valence-electron chi connectivity index (χ2n) is 9.85. The van der Waals surface area contributed by atoms with Gasteiger partial charge in [0.15, 0.2) is 0 Å². The van der Waals surface area contributed by atoms with Gasteiger partial charge in [-0.1, -0.05) is 73.2 Å². The highest BCUT2D eigenvalue weighted by Gasteiger charge is 2.39. The van der Waals surface area contributed by atoms with Gasteiger partial charge in [-0.15, -0.1) is 11.3 Å². The molecule has 1 heterocycles. The molecule has 2 bridgehead atoms. The lowest BCUT2D eigenvalue weighted by Gasteiger charge is -2.22. The first-order valence-corrected chi connectivity index (χ1v) is 13.0. The molecule has 7 rings (SSSR count). The van der Waals surface area contributed by atoms with Crippen molar-refractivity contribution in [1.29, 1.82) is 0 Å². The molecule has 3 unspecified atom stereocenters. The Labute approximate surface area is 199 Å². The zero-order chi connectivity index (χ0) is 21.8. The molecule has 0 aliphatic heterocycles. The number of thiophene rings is 1. The molecule has 2 aliphatic rings. The quantitative estimate of drug-likeness (QED) is 0.290. The van der Waals surface area contributed by atoms with Crippen LogP contribution in [-0.2, 0) is 0 Å². The molecular weight excluding hydrogens is 418 g/mol. The molecule has 0 saturated heterocycles. The number of hydrogen-bond donors (Lipinski definition) is 1. The minimum Gasteiger partial charge on any atom is -0.355 e.